The van der Waals surface area contributed by atoms with Gasteiger partial charge in [-0.05, 0) is 57.8 Å². The summed E-state index contributed by atoms with van der Waals surface area (Å²) in [5.74, 6) is -1.14. The Labute approximate surface area is 314 Å². The number of carbonyl (C=O) groups is 2. The Kier molecular flexibility index (Phi) is 33.7. The van der Waals surface area contributed by atoms with Crippen LogP contribution in [0.2, 0.25) is 0 Å². The lowest BCUT2D eigenvalue weighted by molar-refractivity contribution is -0.161. The molecule has 0 aliphatic heterocycles. The summed E-state index contributed by atoms with van der Waals surface area (Å²) in [4.78, 5) is 42.7. The van der Waals surface area contributed by atoms with Crippen molar-refractivity contribution in [1.29, 1.82) is 0 Å². The summed E-state index contributed by atoms with van der Waals surface area (Å²) in [6.45, 7) is 3.34. The third-order valence-electron chi connectivity index (χ3n) is 7.93. The van der Waals surface area contributed by atoms with Crippen molar-refractivity contribution in [3.8, 4) is 0 Å². The highest BCUT2D eigenvalue weighted by Crippen LogP contribution is 2.36. The molecule has 52 heavy (non-hydrogen) atoms. The summed E-state index contributed by atoms with van der Waals surface area (Å²) in [5.41, 5.74) is 0. The van der Waals surface area contributed by atoms with E-state index in [0.29, 0.717) is 25.7 Å². The maximum Gasteiger partial charge on any atom is 0.469 e. The highest BCUT2D eigenvalue weighted by Gasteiger charge is 2.23. The van der Waals surface area contributed by atoms with Crippen molar-refractivity contribution in [1.82, 2.24) is 0 Å². The molecular formula is C41H69O10P. The van der Waals surface area contributed by atoms with Crippen LogP contribution in [0.1, 0.15) is 142 Å². The summed E-state index contributed by atoms with van der Waals surface area (Å²) >= 11 is 0. The van der Waals surface area contributed by atoms with E-state index in [4.69, 9.17) is 19.3 Å². The average Bonchev–Trinajstić information content (AvgIpc) is 3.10. The molecule has 0 unspecified atom stereocenters. The molecule has 10 nitrogen and oxygen atoms in total. The molecule has 0 aliphatic carbocycles. The third-order valence-corrected chi connectivity index (χ3v) is 8.42. The summed E-state index contributed by atoms with van der Waals surface area (Å²) in [5, 5.41) is 20.0. The van der Waals surface area contributed by atoms with Crippen LogP contribution in [0.15, 0.2) is 72.9 Å². The first-order valence-corrected chi connectivity index (χ1v) is 21.0. The number of phosphoric ester groups is 1. The maximum absolute atomic E-state index is 12.4. The van der Waals surface area contributed by atoms with Crippen LogP contribution < -0.4 is 0 Å². The van der Waals surface area contributed by atoms with Crippen LogP contribution in [0.5, 0.6) is 0 Å². The van der Waals surface area contributed by atoms with Gasteiger partial charge in [-0.2, -0.15) is 0 Å². The smallest absolute Gasteiger partial charge is 0.462 e. The van der Waals surface area contributed by atoms with Crippen molar-refractivity contribution < 1.29 is 48.2 Å². The number of esters is 2. The fraction of sp³-hybridized carbons (Fsp3) is 0.659. The van der Waals surface area contributed by atoms with Crippen molar-refractivity contribution in [3.63, 3.8) is 0 Å². The van der Waals surface area contributed by atoms with Crippen LogP contribution in [-0.4, -0.2) is 63.5 Å². The number of aliphatic hydroxyl groups excluding tert-OH is 2. The van der Waals surface area contributed by atoms with Gasteiger partial charge in [-0.3, -0.25) is 14.1 Å². The Balaban J connectivity index is 4.26. The summed E-state index contributed by atoms with van der Waals surface area (Å²) in [6.07, 6.45) is 38.3. The Hall–Kier alpha value is -2.59. The minimum Gasteiger partial charge on any atom is -0.462 e. The summed E-state index contributed by atoms with van der Waals surface area (Å²) in [6, 6.07) is 0. The third kappa shape index (κ3) is 37.2. The van der Waals surface area contributed by atoms with Crippen LogP contribution in [0.3, 0.4) is 0 Å². The standard InChI is InChI=1S/C41H69O10P/c1-3-5-7-8-9-10-11-12-13-14-15-16-20-23-27-33-40(44)49-35-39(36-50-52(46,47)48)51-41(45)34-28-32-38(43)31-26-22-19-17-18-21-25-30-37(42)29-24-6-4-2/h10-13,18-19,21-22,25-26,30-31,37-39,42-43H,3-9,14-17,20,23-24,27-29,32-36H2,1-2H3,(H2,46,47,48)/b11-10-,13-12-,21-18-,22-19-,30-25+,31-26+/t37-,38-,39-/m1/s1. The first-order valence-electron chi connectivity index (χ1n) is 19.5. The molecule has 4 N–H and O–H groups in total. The molecule has 0 aromatic carbocycles. The van der Waals surface area contributed by atoms with Gasteiger partial charge in [-0.15, -0.1) is 0 Å². The van der Waals surface area contributed by atoms with Gasteiger partial charge >= 0.3 is 19.8 Å². The van der Waals surface area contributed by atoms with Crippen molar-refractivity contribution in [2.45, 2.75) is 161 Å². The number of carbonyl (C=O) groups excluding carboxylic acids is 2. The van der Waals surface area contributed by atoms with Gasteiger partial charge in [-0.25, -0.2) is 4.57 Å². The molecule has 0 radical (unpaired) electrons. The monoisotopic (exact) mass is 752 g/mol. The molecule has 0 heterocycles. The number of rotatable bonds is 34. The van der Waals surface area contributed by atoms with Crippen LogP contribution in [0.25, 0.3) is 0 Å². The first kappa shape index (κ1) is 49.4. The Morgan fingerprint density at radius 3 is 1.69 bits per heavy atom. The fourth-order valence-electron chi connectivity index (χ4n) is 4.93. The highest BCUT2D eigenvalue weighted by molar-refractivity contribution is 7.46. The summed E-state index contributed by atoms with van der Waals surface area (Å²) in [7, 11) is -4.82. The number of allylic oxidation sites excluding steroid dienone is 10. The van der Waals surface area contributed by atoms with Gasteiger partial charge in [0, 0.05) is 12.8 Å². The Bertz CT molecular complexity index is 1100. The second-order valence-electron chi connectivity index (χ2n) is 13.0. The molecule has 0 rings (SSSR count). The van der Waals surface area contributed by atoms with Gasteiger partial charge in [0.15, 0.2) is 6.10 Å². The second kappa shape index (κ2) is 35.4. The van der Waals surface area contributed by atoms with Gasteiger partial charge in [0.05, 0.1) is 18.8 Å². The molecule has 298 valence electrons. The average molecular weight is 753 g/mol. The predicted molar refractivity (Wildman–Crippen MR) is 209 cm³/mol. The van der Waals surface area contributed by atoms with E-state index in [-0.39, 0.29) is 19.4 Å². The van der Waals surface area contributed by atoms with Crippen molar-refractivity contribution in [2.75, 3.05) is 13.2 Å². The largest absolute Gasteiger partial charge is 0.469 e. The van der Waals surface area contributed by atoms with Crippen LogP contribution in [0, 0.1) is 0 Å². The van der Waals surface area contributed by atoms with E-state index < -0.39 is 44.7 Å². The lowest BCUT2D eigenvalue weighted by Gasteiger charge is -2.18. The topological polar surface area (TPSA) is 160 Å². The second-order valence-corrected chi connectivity index (χ2v) is 14.2. The molecule has 0 aromatic heterocycles. The minimum absolute atomic E-state index is 0.0433. The van der Waals surface area contributed by atoms with Crippen LogP contribution in [0.4, 0.5) is 0 Å². The summed E-state index contributed by atoms with van der Waals surface area (Å²) < 4.78 is 26.2. The molecule has 0 saturated carbocycles. The molecule has 0 fully saturated rings. The molecule has 0 saturated heterocycles. The van der Waals surface area contributed by atoms with Crippen molar-refractivity contribution in [2.24, 2.45) is 0 Å². The van der Waals surface area contributed by atoms with Gasteiger partial charge in [-0.1, -0.05) is 145 Å². The number of unbranched alkanes of at least 4 members (excludes halogenated alkanes) is 11. The zero-order valence-electron chi connectivity index (χ0n) is 31.9. The Morgan fingerprint density at radius 1 is 0.596 bits per heavy atom. The molecule has 0 aliphatic rings. The normalized spacial score (nSPS) is 14.5. The number of phosphoric acid groups is 1. The van der Waals surface area contributed by atoms with E-state index in [1.165, 1.54) is 25.7 Å². The molecule has 0 amide bonds. The quantitative estimate of drug-likeness (QED) is 0.0216. The SMILES string of the molecule is CCCCCC/C=C\C=C/CCCCCCCC(=O)OC[C@H](COP(=O)(O)O)OC(=O)CCC[C@H](O)/C=C/C=C\C/C=C\C=C\[C@H](O)CCCCC. The molecule has 3 atom stereocenters. The lowest BCUT2D eigenvalue weighted by atomic mass is 10.1. The fourth-order valence-corrected chi connectivity index (χ4v) is 5.29. The van der Waals surface area contributed by atoms with E-state index in [0.717, 1.165) is 64.2 Å². The first-order chi connectivity index (χ1) is 25.1. The minimum atomic E-state index is -4.82. The molecule has 0 bridgehead atoms. The number of ether oxygens (including phenoxy) is 2. The number of hydrogen-bond acceptors (Lipinski definition) is 8. The van der Waals surface area contributed by atoms with Crippen LogP contribution in [-0.2, 0) is 28.2 Å². The van der Waals surface area contributed by atoms with Crippen LogP contribution >= 0.6 is 7.82 Å². The van der Waals surface area contributed by atoms with Gasteiger partial charge < -0.3 is 29.5 Å². The van der Waals surface area contributed by atoms with Gasteiger partial charge in [0.2, 0.25) is 0 Å². The van der Waals surface area contributed by atoms with E-state index in [2.05, 4.69) is 42.7 Å². The van der Waals surface area contributed by atoms with Crippen molar-refractivity contribution in [3.05, 3.63) is 72.9 Å². The number of aliphatic hydroxyl groups is 2. The van der Waals surface area contributed by atoms with E-state index in [9.17, 15) is 24.4 Å². The zero-order valence-corrected chi connectivity index (χ0v) is 32.8. The molecule has 0 spiro atoms. The number of hydrogen-bond donors (Lipinski definition) is 4. The van der Waals surface area contributed by atoms with Crippen molar-refractivity contribution >= 4 is 19.8 Å². The van der Waals surface area contributed by atoms with Gasteiger partial charge in [0.1, 0.15) is 6.61 Å². The molecular weight excluding hydrogens is 683 g/mol. The molecule has 11 heteroatoms. The van der Waals surface area contributed by atoms with E-state index >= 15 is 0 Å². The Morgan fingerprint density at radius 2 is 1.10 bits per heavy atom. The van der Waals surface area contributed by atoms with E-state index in [1.54, 1.807) is 18.2 Å². The highest BCUT2D eigenvalue weighted by atomic mass is 31.2. The van der Waals surface area contributed by atoms with Gasteiger partial charge in [0.25, 0.3) is 0 Å². The lowest BCUT2D eigenvalue weighted by Crippen LogP contribution is -2.29. The predicted octanol–water partition coefficient (Wildman–Crippen LogP) is 9.45. The molecule has 0 aromatic rings. The van der Waals surface area contributed by atoms with E-state index in [1.807, 2.05) is 30.4 Å². The zero-order chi connectivity index (χ0) is 38.5. The maximum atomic E-state index is 12.4.